The van der Waals surface area contributed by atoms with Crippen LogP contribution in [0.4, 0.5) is 4.39 Å². The molecule has 6 heteroatoms. The van der Waals surface area contributed by atoms with E-state index in [0.29, 0.717) is 11.8 Å². The Bertz CT molecular complexity index is 633. The first-order chi connectivity index (χ1) is 10.0. The number of nitrogens with one attached hydrogen (secondary N) is 1. The highest BCUT2D eigenvalue weighted by Gasteiger charge is 2.49. The van der Waals surface area contributed by atoms with E-state index in [4.69, 9.17) is 0 Å². The van der Waals surface area contributed by atoms with E-state index in [1.54, 1.807) is 0 Å². The number of sulfonamides is 1. The molecule has 0 aromatic carbocycles. The number of hydrogen-bond acceptors (Lipinski definition) is 3. The van der Waals surface area contributed by atoms with Crippen molar-refractivity contribution in [3.63, 3.8) is 0 Å². The maximum Gasteiger partial charge on any atom is 0.261 e. The summed E-state index contributed by atoms with van der Waals surface area (Å²) in [5, 5.41) is -0.473. The van der Waals surface area contributed by atoms with Gasteiger partial charge in [0.15, 0.2) is 5.82 Å². The van der Waals surface area contributed by atoms with Crippen LogP contribution in [-0.4, -0.2) is 19.4 Å². The Hall–Kier alpha value is -1.01. The van der Waals surface area contributed by atoms with Gasteiger partial charge in [-0.05, 0) is 67.9 Å². The zero-order valence-electron chi connectivity index (χ0n) is 11.7. The molecule has 4 saturated carbocycles. The number of halogens is 1. The Morgan fingerprint density at radius 3 is 2.29 bits per heavy atom. The molecule has 4 aliphatic rings. The molecule has 1 aromatic heterocycles. The van der Waals surface area contributed by atoms with Crippen LogP contribution in [0.15, 0.2) is 23.4 Å². The fourth-order valence-electron chi connectivity index (χ4n) is 4.92. The summed E-state index contributed by atoms with van der Waals surface area (Å²) in [5.74, 6) is 1.61. The molecule has 1 aromatic rings. The topological polar surface area (TPSA) is 59.1 Å². The van der Waals surface area contributed by atoms with Gasteiger partial charge in [0.1, 0.15) is 0 Å². The lowest BCUT2D eigenvalue weighted by atomic mass is 9.54. The first-order valence-corrected chi connectivity index (χ1v) is 9.14. The van der Waals surface area contributed by atoms with Crippen LogP contribution in [0, 0.1) is 29.5 Å². The van der Waals surface area contributed by atoms with Gasteiger partial charge >= 0.3 is 0 Å². The Morgan fingerprint density at radius 2 is 1.71 bits per heavy atom. The molecule has 0 atom stereocenters. The predicted molar refractivity (Wildman–Crippen MR) is 75.3 cm³/mol. The lowest BCUT2D eigenvalue weighted by molar-refractivity contribution is -0.00561. The number of hydrogen-bond donors (Lipinski definition) is 1. The Balaban J connectivity index is 1.60. The second-order valence-corrected chi connectivity index (χ2v) is 8.50. The molecule has 0 spiro atoms. The highest BCUT2D eigenvalue weighted by atomic mass is 32.2. The van der Waals surface area contributed by atoms with Gasteiger partial charge in [-0.25, -0.2) is 22.5 Å². The van der Waals surface area contributed by atoms with Gasteiger partial charge in [0, 0.05) is 12.2 Å². The Morgan fingerprint density at radius 1 is 1.10 bits per heavy atom. The van der Waals surface area contributed by atoms with Gasteiger partial charge in [0.25, 0.3) is 10.0 Å². The molecule has 4 bridgehead atoms. The van der Waals surface area contributed by atoms with Crippen molar-refractivity contribution in [2.45, 2.75) is 43.2 Å². The fourth-order valence-corrected chi connectivity index (χ4v) is 6.30. The highest BCUT2D eigenvalue weighted by Crippen LogP contribution is 2.53. The molecule has 21 heavy (non-hydrogen) atoms. The lowest BCUT2D eigenvalue weighted by Crippen LogP contribution is -2.55. The summed E-state index contributed by atoms with van der Waals surface area (Å²) in [5.41, 5.74) is 0. The number of pyridine rings is 1. The second kappa shape index (κ2) is 4.74. The van der Waals surface area contributed by atoms with Gasteiger partial charge in [-0.1, -0.05) is 0 Å². The summed E-state index contributed by atoms with van der Waals surface area (Å²) in [6, 6.07) is 2.50. The van der Waals surface area contributed by atoms with Crippen molar-refractivity contribution >= 4 is 10.0 Å². The maximum absolute atomic E-state index is 13.7. The van der Waals surface area contributed by atoms with Gasteiger partial charge < -0.3 is 0 Å². The van der Waals surface area contributed by atoms with Crippen molar-refractivity contribution < 1.29 is 12.8 Å². The minimum atomic E-state index is -3.87. The normalized spacial score (nSPS) is 37.9. The third kappa shape index (κ3) is 2.28. The van der Waals surface area contributed by atoms with Gasteiger partial charge in [0.05, 0.1) is 0 Å². The molecule has 0 unspecified atom stereocenters. The molecule has 4 nitrogen and oxygen atoms in total. The molecule has 0 aliphatic heterocycles. The van der Waals surface area contributed by atoms with Crippen molar-refractivity contribution in [2.24, 2.45) is 23.7 Å². The zero-order chi connectivity index (χ0) is 14.6. The van der Waals surface area contributed by atoms with E-state index in [0.717, 1.165) is 43.6 Å². The molecule has 114 valence electrons. The SMILES string of the molecule is O=S(=O)(NC1C2CC3CC(C2)CC1C3)c1ncccc1F. The molecule has 0 saturated heterocycles. The summed E-state index contributed by atoms with van der Waals surface area (Å²) in [7, 11) is -3.87. The van der Waals surface area contributed by atoms with E-state index in [2.05, 4.69) is 9.71 Å². The van der Waals surface area contributed by atoms with E-state index < -0.39 is 20.9 Å². The molecule has 4 aliphatic carbocycles. The van der Waals surface area contributed by atoms with Crippen LogP contribution in [0.25, 0.3) is 0 Å². The van der Waals surface area contributed by atoms with Gasteiger partial charge in [-0.2, -0.15) is 0 Å². The number of nitrogens with zero attached hydrogens (tertiary/aromatic N) is 1. The lowest BCUT2D eigenvalue weighted by Gasteiger charge is -2.54. The third-order valence-corrected chi connectivity index (χ3v) is 6.89. The molecular formula is C15H19FN2O2S. The van der Waals surface area contributed by atoms with Crippen LogP contribution in [0.5, 0.6) is 0 Å². The first-order valence-electron chi connectivity index (χ1n) is 7.66. The molecule has 0 amide bonds. The molecule has 1 heterocycles. The van der Waals surface area contributed by atoms with E-state index in [1.807, 2.05) is 0 Å². The average molecular weight is 310 g/mol. The molecule has 5 rings (SSSR count). The largest absolute Gasteiger partial charge is 0.261 e. The van der Waals surface area contributed by atoms with E-state index in [1.165, 1.54) is 18.7 Å². The van der Waals surface area contributed by atoms with Crippen molar-refractivity contribution in [1.29, 1.82) is 0 Å². The van der Waals surface area contributed by atoms with Crippen LogP contribution in [0.1, 0.15) is 32.1 Å². The fraction of sp³-hybridized carbons (Fsp3) is 0.667. The van der Waals surface area contributed by atoms with Crippen LogP contribution >= 0.6 is 0 Å². The van der Waals surface area contributed by atoms with E-state index in [-0.39, 0.29) is 6.04 Å². The van der Waals surface area contributed by atoms with E-state index >= 15 is 0 Å². The molecule has 1 N–H and O–H groups in total. The Kier molecular flexibility index (Phi) is 3.08. The first kappa shape index (κ1) is 13.6. The number of rotatable bonds is 3. The second-order valence-electron chi connectivity index (χ2n) is 6.87. The van der Waals surface area contributed by atoms with Crippen molar-refractivity contribution in [2.75, 3.05) is 0 Å². The predicted octanol–water partition coefficient (Wildman–Crippen LogP) is 2.32. The summed E-state index contributed by atoms with van der Waals surface area (Å²) in [6.45, 7) is 0. The van der Waals surface area contributed by atoms with E-state index in [9.17, 15) is 12.8 Å². The van der Waals surface area contributed by atoms with Crippen LogP contribution in [0.2, 0.25) is 0 Å². The highest BCUT2D eigenvalue weighted by molar-refractivity contribution is 7.89. The van der Waals surface area contributed by atoms with Crippen LogP contribution < -0.4 is 4.72 Å². The number of aromatic nitrogens is 1. The molecular weight excluding hydrogens is 291 g/mol. The monoisotopic (exact) mass is 310 g/mol. The molecule has 0 radical (unpaired) electrons. The quantitative estimate of drug-likeness (QED) is 0.932. The zero-order valence-corrected chi connectivity index (χ0v) is 12.5. The van der Waals surface area contributed by atoms with Crippen LogP contribution in [-0.2, 0) is 10.0 Å². The van der Waals surface area contributed by atoms with Crippen molar-refractivity contribution in [1.82, 2.24) is 9.71 Å². The minimum Gasteiger partial charge on any atom is -0.241 e. The maximum atomic E-state index is 13.7. The van der Waals surface area contributed by atoms with Gasteiger partial charge in [0.2, 0.25) is 5.03 Å². The van der Waals surface area contributed by atoms with Crippen LogP contribution in [0.3, 0.4) is 0 Å². The van der Waals surface area contributed by atoms with Gasteiger partial charge in [-0.3, -0.25) is 0 Å². The third-order valence-electron chi connectivity index (χ3n) is 5.50. The Labute approximate surface area is 124 Å². The summed E-state index contributed by atoms with van der Waals surface area (Å²) in [4.78, 5) is 3.71. The van der Waals surface area contributed by atoms with Crippen molar-refractivity contribution in [3.8, 4) is 0 Å². The minimum absolute atomic E-state index is 0.0378. The average Bonchev–Trinajstić information content (AvgIpc) is 2.42. The smallest absolute Gasteiger partial charge is 0.241 e. The summed E-state index contributed by atoms with van der Waals surface area (Å²) >= 11 is 0. The van der Waals surface area contributed by atoms with Crippen molar-refractivity contribution in [3.05, 3.63) is 24.1 Å². The summed E-state index contributed by atoms with van der Waals surface area (Å²) < 4.78 is 41.3. The van der Waals surface area contributed by atoms with Gasteiger partial charge in [-0.15, -0.1) is 0 Å². The summed E-state index contributed by atoms with van der Waals surface area (Å²) in [6.07, 6.45) is 7.10. The standard InChI is InChI=1S/C15H19FN2O2S/c16-13-2-1-3-17-15(13)21(19,20)18-14-11-5-9-4-10(7-11)8-12(14)6-9/h1-3,9-12,14,18H,4-8H2. The molecule has 4 fully saturated rings.